The molecule has 0 saturated carbocycles. The number of anilines is 1. The monoisotopic (exact) mass is 533 g/mol. The minimum Gasteiger partial charge on any atom is -0.391 e. The number of hydrogen-bond acceptors (Lipinski definition) is 5. The topological polar surface area (TPSA) is 103 Å². The number of benzene rings is 1. The smallest absolute Gasteiger partial charge is 0.257 e. The van der Waals surface area contributed by atoms with E-state index in [-0.39, 0.29) is 36.1 Å². The Morgan fingerprint density at radius 3 is 2.68 bits per heavy atom. The number of carbonyl (C=O) groups excluding carboxylic acids is 1. The molecule has 1 amide bonds. The fourth-order valence-electron chi connectivity index (χ4n) is 5.34. The molecule has 5 rings (SSSR count). The van der Waals surface area contributed by atoms with Crippen LogP contribution < -0.4 is 10.9 Å². The predicted octanol–water partition coefficient (Wildman–Crippen LogP) is 3.33. The van der Waals surface area contributed by atoms with E-state index in [1.165, 1.54) is 24.4 Å². The Kier molecular flexibility index (Phi) is 6.86. The number of nitrogens with zero attached hydrogens (tertiary/aromatic N) is 3. The third kappa shape index (κ3) is 4.97. The fraction of sp³-hybridized carbons (Fsp3) is 0.423. The van der Waals surface area contributed by atoms with Crippen LogP contribution in [0.3, 0.4) is 0 Å². The molecule has 0 bridgehead atoms. The number of aromatic amines is 1. The molecule has 1 saturated heterocycles. The first kappa shape index (κ1) is 26.1. The molecular formula is C26H27F4N5O3. The van der Waals surface area contributed by atoms with Crippen molar-refractivity contribution >= 4 is 11.7 Å². The van der Waals surface area contributed by atoms with Gasteiger partial charge in [0.2, 0.25) is 5.91 Å². The predicted molar refractivity (Wildman–Crippen MR) is 130 cm³/mol. The SMILES string of the molecule is C[C@@H](C(=O)Nc1cn2c(n1)CC[C@@H]2c1cc(F)cc(F)c1)N1CCC(F)(F)[C@H](c2c[nH]c(=O)c(CO)c2)C1. The first-order valence-corrected chi connectivity index (χ1v) is 12.3. The summed E-state index contributed by atoms with van der Waals surface area (Å²) in [7, 11) is 0. The molecule has 1 aromatic carbocycles. The number of fused-ring (bicyclic) bond motifs is 1. The van der Waals surface area contributed by atoms with E-state index >= 15 is 0 Å². The molecule has 38 heavy (non-hydrogen) atoms. The third-order valence-electron chi connectivity index (χ3n) is 7.47. The van der Waals surface area contributed by atoms with Gasteiger partial charge in [0.05, 0.1) is 24.6 Å². The van der Waals surface area contributed by atoms with Gasteiger partial charge in [-0.15, -0.1) is 0 Å². The standard InChI is InChI=1S/C26H27F4N5O3/c1-14(34-5-4-26(29,30)20(11-34)16-6-17(13-36)25(38)31-10-16)24(37)33-22-12-35-21(2-3-23(35)32-22)15-7-18(27)9-19(28)8-15/h6-10,12,14,20-21,36H,2-5,11,13H2,1H3,(H,31,38)(H,33,37)/t14-,20-,21+/m0/s1. The van der Waals surface area contributed by atoms with Crippen molar-refractivity contribution in [3.63, 3.8) is 0 Å². The molecule has 2 aliphatic heterocycles. The Morgan fingerprint density at radius 1 is 1.24 bits per heavy atom. The normalized spacial score (nSPS) is 21.7. The summed E-state index contributed by atoms with van der Waals surface area (Å²) in [6.07, 6.45) is 3.54. The summed E-state index contributed by atoms with van der Waals surface area (Å²) in [6.45, 7) is 0.893. The number of hydrogen-bond donors (Lipinski definition) is 3. The molecule has 0 spiro atoms. The number of pyridine rings is 1. The van der Waals surface area contributed by atoms with Crippen molar-refractivity contribution < 1.29 is 27.5 Å². The number of aliphatic hydroxyl groups excluding tert-OH is 1. The lowest BCUT2D eigenvalue weighted by Crippen LogP contribution is -2.52. The summed E-state index contributed by atoms with van der Waals surface area (Å²) in [6, 6.07) is 3.55. The number of aromatic nitrogens is 3. The lowest BCUT2D eigenvalue weighted by atomic mass is 9.86. The second-order valence-electron chi connectivity index (χ2n) is 9.88. The molecule has 3 aromatic rings. The van der Waals surface area contributed by atoms with Gasteiger partial charge < -0.3 is 20.0 Å². The van der Waals surface area contributed by atoms with Gasteiger partial charge in [-0.25, -0.2) is 22.5 Å². The molecule has 2 aromatic heterocycles. The zero-order valence-electron chi connectivity index (χ0n) is 20.6. The highest BCUT2D eigenvalue weighted by Gasteiger charge is 2.46. The number of imidazole rings is 1. The van der Waals surface area contributed by atoms with Gasteiger partial charge in [0, 0.05) is 50.0 Å². The maximum absolute atomic E-state index is 14.9. The maximum Gasteiger partial charge on any atom is 0.257 e. The van der Waals surface area contributed by atoms with E-state index in [4.69, 9.17) is 0 Å². The number of nitrogens with one attached hydrogen (secondary N) is 2. The van der Waals surface area contributed by atoms with Gasteiger partial charge in [-0.1, -0.05) is 0 Å². The minimum atomic E-state index is -3.06. The van der Waals surface area contributed by atoms with Crippen LogP contribution in [-0.4, -0.2) is 55.5 Å². The zero-order valence-corrected chi connectivity index (χ0v) is 20.6. The average molecular weight is 534 g/mol. The van der Waals surface area contributed by atoms with E-state index in [0.29, 0.717) is 24.2 Å². The van der Waals surface area contributed by atoms with Crippen LogP contribution in [0.15, 0.2) is 41.5 Å². The molecule has 3 N–H and O–H groups in total. The number of aryl methyl sites for hydroxylation is 1. The molecule has 0 unspecified atom stereocenters. The van der Waals surface area contributed by atoms with Gasteiger partial charge in [-0.3, -0.25) is 14.5 Å². The number of halogens is 4. The van der Waals surface area contributed by atoms with Crippen LogP contribution in [-0.2, 0) is 17.8 Å². The molecule has 12 heteroatoms. The number of amides is 1. The summed E-state index contributed by atoms with van der Waals surface area (Å²) in [4.78, 5) is 33.3. The van der Waals surface area contributed by atoms with Gasteiger partial charge in [0.15, 0.2) is 5.82 Å². The first-order valence-electron chi connectivity index (χ1n) is 12.3. The summed E-state index contributed by atoms with van der Waals surface area (Å²) < 4.78 is 59.0. The lowest BCUT2D eigenvalue weighted by Gasteiger charge is -2.40. The highest BCUT2D eigenvalue weighted by molar-refractivity contribution is 5.93. The van der Waals surface area contributed by atoms with Gasteiger partial charge >= 0.3 is 0 Å². The van der Waals surface area contributed by atoms with E-state index in [1.807, 2.05) is 0 Å². The lowest BCUT2D eigenvalue weighted by molar-refractivity contribution is -0.125. The molecule has 1 fully saturated rings. The summed E-state index contributed by atoms with van der Waals surface area (Å²) in [5.41, 5.74) is 0.100. The largest absolute Gasteiger partial charge is 0.391 e. The summed E-state index contributed by atoms with van der Waals surface area (Å²) in [5.74, 6) is -5.18. The number of carbonyl (C=O) groups is 1. The highest BCUT2D eigenvalue weighted by Crippen LogP contribution is 2.41. The number of piperidine rings is 1. The third-order valence-corrected chi connectivity index (χ3v) is 7.47. The van der Waals surface area contributed by atoms with Crippen LogP contribution in [0.1, 0.15) is 54.2 Å². The molecule has 0 aliphatic carbocycles. The quantitative estimate of drug-likeness (QED) is 0.422. The second kappa shape index (κ2) is 9.99. The molecule has 202 valence electrons. The maximum atomic E-state index is 14.9. The second-order valence-corrected chi connectivity index (χ2v) is 9.88. The number of aliphatic hydroxyl groups is 1. The Balaban J connectivity index is 1.30. The molecule has 8 nitrogen and oxygen atoms in total. The van der Waals surface area contributed by atoms with Gasteiger partial charge in [-0.2, -0.15) is 0 Å². The number of alkyl halides is 2. The van der Waals surface area contributed by atoms with E-state index in [1.54, 1.807) is 22.6 Å². The Bertz CT molecular complexity index is 1400. The summed E-state index contributed by atoms with van der Waals surface area (Å²) >= 11 is 0. The van der Waals surface area contributed by atoms with Crippen molar-refractivity contribution in [3.8, 4) is 0 Å². The Hall–Kier alpha value is -3.51. The van der Waals surface area contributed by atoms with E-state index in [0.717, 1.165) is 6.07 Å². The van der Waals surface area contributed by atoms with Crippen LogP contribution in [0.2, 0.25) is 0 Å². The van der Waals surface area contributed by atoms with Crippen LogP contribution in [0.5, 0.6) is 0 Å². The number of H-pyrrole nitrogens is 1. The fourth-order valence-corrected chi connectivity index (χ4v) is 5.34. The Morgan fingerprint density at radius 2 is 1.97 bits per heavy atom. The van der Waals surface area contributed by atoms with Crippen LogP contribution in [0, 0.1) is 11.6 Å². The van der Waals surface area contributed by atoms with Crippen molar-refractivity contribution in [2.45, 2.75) is 56.7 Å². The number of rotatable bonds is 6. The highest BCUT2D eigenvalue weighted by atomic mass is 19.3. The average Bonchev–Trinajstić information content (AvgIpc) is 3.43. The minimum absolute atomic E-state index is 0.00618. The molecule has 3 atom stereocenters. The zero-order chi connectivity index (χ0) is 27.2. The van der Waals surface area contributed by atoms with Gasteiger partial charge in [0.25, 0.3) is 11.5 Å². The van der Waals surface area contributed by atoms with Crippen molar-refractivity contribution in [2.24, 2.45) is 0 Å². The van der Waals surface area contributed by atoms with E-state index in [2.05, 4.69) is 15.3 Å². The summed E-state index contributed by atoms with van der Waals surface area (Å²) in [5, 5.41) is 12.1. The van der Waals surface area contributed by atoms with Crippen LogP contribution in [0.25, 0.3) is 0 Å². The molecule has 2 aliphatic rings. The van der Waals surface area contributed by atoms with Crippen molar-refractivity contribution in [1.29, 1.82) is 0 Å². The van der Waals surface area contributed by atoms with Crippen molar-refractivity contribution in [1.82, 2.24) is 19.4 Å². The van der Waals surface area contributed by atoms with E-state index in [9.17, 15) is 32.3 Å². The van der Waals surface area contributed by atoms with Crippen LogP contribution >= 0.6 is 0 Å². The molecule has 4 heterocycles. The van der Waals surface area contributed by atoms with E-state index < -0.39 is 54.0 Å². The number of likely N-dealkylation sites (tertiary alicyclic amines) is 1. The Labute approximate surface area is 215 Å². The van der Waals surface area contributed by atoms with Crippen molar-refractivity contribution in [2.75, 3.05) is 18.4 Å². The first-order chi connectivity index (χ1) is 18.1. The van der Waals surface area contributed by atoms with Gasteiger partial charge in [-0.05, 0) is 42.7 Å². The molecule has 0 radical (unpaired) electrons. The van der Waals surface area contributed by atoms with Crippen LogP contribution in [0.4, 0.5) is 23.4 Å². The van der Waals surface area contributed by atoms with Crippen molar-refractivity contribution in [3.05, 3.63) is 81.2 Å². The van der Waals surface area contributed by atoms with Gasteiger partial charge in [0.1, 0.15) is 17.5 Å². The molecular weight excluding hydrogens is 506 g/mol.